The van der Waals surface area contributed by atoms with Crippen LogP contribution in [-0.2, 0) is 4.79 Å². The Morgan fingerprint density at radius 3 is 2.52 bits per heavy atom. The fourth-order valence-corrected chi connectivity index (χ4v) is 2.46. The van der Waals surface area contributed by atoms with Gasteiger partial charge in [-0.2, -0.15) is 10.5 Å². The van der Waals surface area contributed by atoms with Crippen LogP contribution in [0.3, 0.4) is 0 Å². The van der Waals surface area contributed by atoms with Gasteiger partial charge in [0.05, 0.1) is 11.6 Å². The van der Waals surface area contributed by atoms with Gasteiger partial charge < -0.3 is 14.8 Å². The van der Waals surface area contributed by atoms with Crippen molar-refractivity contribution in [1.29, 1.82) is 10.5 Å². The van der Waals surface area contributed by atoms with Gasteiger partial charge in [-0.3, -0.25) is 4.79 Å². The van der Waals surface area contributed by atoms with Crippen LogP contribution in [0.4, 0.5) is 5.69 Å². The number of nitrogens with zero attached hydrogens (tertiary/aromatic N) is 2. The Morgan fingerprint density at radius 1 is 1.19 bits per heavy atom. The first-order chi connectivity index (χ1) is 13.1. The molecule has 0 aliphatic rings. The highest BCUT2D eigenvalue weighted by molar-refractivity contribution is 6.32. The Labute approximate surface area is 162 Å². The third-order valence-electron chi connectivity index (χ3n) is 3.29. The molecule has 0 aromatic heterocycles. The molecule has 2 aromatic carbocycles. The van der Waals surface area contributed by atoms with Gasteiger partial charge in [0, 0.05) is 5.69 Å². The SMILES string of the molecule is CCOc1cc(C=C(C#N)C#N)cc(Cl)c1OCC(=O)Nc1ccccc1. The molecule has 0 aliphatic carbocycles. The van der Waals surface area contributed by atoms with Gasteiger partial charge in [-0.1, -0.05) is 29.8 Å². The summed E-state index contributed by atoms with van der Waals surface area (Å²) in [7, 11) is 0. The zero-order chi connectivity index (χ0) is 19.6. The van der Waals surface area contributed by atoms with Gasteiger partial charge in [0.25, 0.3) is 5.91 Å². The standard InChI is InChI=1S/C20H16ClN3O3/c1-2-26-18-10-14(8-15(11-22)12-23)9-17(21)20(18)27-13-19(25)24-16-6-4-3-5-7-16/h3-10H,2,13H2,1H3,(H,24,25). The molecule has 0 saturated carbocycles. The highest BCUT2D eigenvalue weighted by atomic mass is 35.5. The van der Waals surface area contributed by atoms with E-state index in [9.17, 15) is 4.79 Å². The third kappa shape index (κ3) is 5.78. The summed E-state index contributed by atoms with van der Waals surface area (Å²) in [6.07, 6.45) is 1.39. The monoisotopic (exact) mass is 381 g/mol. The summed E-state index contributed by atoms with van der Waals surface area (Å²) in [6.45, 7) is 1.88. The van der Waals surface area contributed by atoms with E-state index in [-0.39, 0.29) is 28.9 Å². The molecule has 0 heterocycles. The lowest BCUT2D eigenvalue weighted by molar-refractivity contribution is -0.118. The van der Waals surface area contributed by atoms with Gasteiger partial charge in [-0.25, -0.2) is 0 Å². The van der Waals surface area contributed by atoms with Crippen LogP contribution in [0.15, 0.2) is 48.0 Å². The number of hydrogen-bond donors (Lipinski definition) is 1. The van der Waals surface area contributed by atoms with Crippen LogP contribution in [0.1, 0.15) is 12.5 Å². The number of anilines is 1. The molecule has 0 saturated heterocycles. The first-order valence-electron chi connectivity index (χ1n) is 8.03. The lowest BCUT2D eigenvalue weighted by atomic mass is 10.1. The van der Waals surface area contributed by atoms with Crippen molar-refractivity contribution in [3.8, 4) is 23.6 Å². The summed E-state index contributed by atoms with van der Waals surface area (Å²) in [4.78, 5) is 12.1. The fraction of sp³-hybridized carbons (Fsp3) is 0.150. The molecule has 0 aliphatic heterocycles. The molecule has 0 atom stereocenters. The van der Waals surface area contributed by atoms with Gasteiger partial charge in [0.2, 0.25) is 0 Å². The molecule has 2 aromatic rings. The van der Waals surface area contributed by atoms with Crippen molar-refractivity contribution in [2.45, 2.75) is 6.92 Å². The maximum atomic E-state index is 12.1. The molecule has 0 fully saturated rings. The van der Waals surface area contributed by atoms with E-state index in [2.05, 4.69) is 5.32 Å². The number of amides is 1. The van der Waals surface area contributed by atoms with Crippen LogP contribution < -0.4 is 14.8 Å². The smallest absolute Gasteiger partial charge is 0.262 e. The minimum atomic E-state index is -0.347. The van der Waals surface area contributed by atoms with Gasteiger partial charge in [0.15, 0.2) is 18.1 Å². The zero-order valence-electron chi connectivity index (χ0n) is 14.5. The number of allylic oxidation sites excluding steroid dienone is 1. The topological polar surface area (TPSA) is 95.1 Å². The van der Waals surface area contributed by atoms with Gasteiger partial charge in [0.1, 0.15) is 17.7 Å². The molecule has 27 heavy (non-hydrogen) atoms. The predicted octanol–water partition coefficient (Wildman–Crippen LogP) is 4.19. The Balaban J connectivity index is 2.18. The van der Waals surface area contributed by atoms with Crippen molar-refractivity contribution in [1.82, 2.24) is 0 Å². The Morgan fingerprint density at radius 2 is 1.89 bits per heavy atom. The van der Waals surface area contributed by atoms with E-state index < -0.39 is 0 Å². The fourth-order valence-electron chi connectivity index (χ4n) is 2.19. The van der Waals surface area contributed by atoms with E-state index in [1.807, 2.05) is 18.2 Å². The number of rotatable bonds is 7. The molecule has 0 unspecified atom stereocenters. The lowest BCUT2D eigenvalue weighted by Gasteiger charge is -2.14. The average molecular weight is 382 g/mol. The van der Waals surface area contributed by atoms with Crippen LogP contribution in [0, 0.1) is 22.7 Å². The predicted molar refractivity (Wildman–Crippen MR) is 102 cm³/mol. The van der Waals surface area contributed by atoms with Crippen molar-refractivity contribution in [2.24, 2.45) is 0 Å². The average Bonchev–Trinajstić information content (AvgIpc) is 2.66. The molecule has 0 bridgehead atoms. The van der Waals surface area contributed by atoms with Gasteiger partial charge in [-0.05, 0) is 42.8 Å². The van der Waals surface area contributed by atoms with E-state index >= 15 is 0 Å². The number of para-hydroxylation sites is 1. The maximum absolute atomic E-state index is 12.1. The molecule has 6 nitrogen and oxygen atoms in total. The Bertz CT molecular complexity index is 912. The second-order valence-electron chi connectivity index (χ2n) is 5.25. The maximum Gasteiger partial charge on any atom is 0.262 e. The van der Waals surface area contributed by atoms with Crippen LogP contribution in [0.25, 0.3) is 6.08 Å². The third-order valence-corrected chi connectivity index (χ3v) is 3.57. The number of carbonyl (C=O) groups is 1. The van der Waals surface area contributed by atoms with Crippen molar-refractivity contribution >= 4 is 29.3 Å². The number of ether oxygens (including phenoxy) is 2. The minimum Gasteiger partial charge on any atom is -0.490 e. The molecule has 7 heteroatoms. The van der Waals surface area contributed by atoms with E-state index in [1.54, 1.807) is 37.3 Å². The molecule has 0 spiro atoms. The number of nitriles is 2. The van der Waals surface area contributed by atoms with E-state index in [0.717, 1.165) is 0 Å². The molecule has 136 valence electrons. The molecular weight excluding hydrogens is 366 g/mol. The molecule has 1 amide bonds. The highest BCUT2D eigenvalue weighted by Gasteiger charge is 2.14. The second kappa shape index (κ2) is 9.86. The van der Waals surface area contributed by atoms with Crippen molar-refractivity contribution in [3.05, 3.63) is 58.6 Å². The Kier molecular flexibility index (Phi) is 7.25. The summed E-state index contributed by atoms with van der Waals surface area (Å²) < 4.78 is 11.1. The Hall–Kier alpha value is -3.48. The van der Waals surface area contributed by atoms with Crippen LogP contribution >= 0.6 is 11.6 Å². The van der Waals surface area contributed by atoms with E-state index in [0.29, 0.717) is 23.6 Å². The second-order valence-corrected chi connectivity index (χ2v) is 5.65. The van der Waals surface area contributed by atoms with Crippen molar-refractivity contribution in [2.75, 3.05) is 18.5 Å². The summed E-state index contributed by atoms with van der Waals surface area (Å²) in [5.41, 5.74) is 1.11. The molecule has 2 rings (SSSR count). The quantitative estimate of drug-likeness (QED) is 0.725. The van der Waals surface area contributed by atoms with E-state index in [4.69, 9.17) is 31.6 Å². The first kappa shape index (κ1) is 19.8. The summed E-state index contributed by atoms with van der Waals surface area (Å²) >= 11 is 6.25. The van der Waals surface area contributed by atoms with Crippen LogP contribution in [0.2, 0.25) is 5.02 Å². The normalized spacial score (nSPS) is 9.48. The van der Waals surface area contributed by atoms with Crippen molar-refractivity contribution < 1.29 is 14.3 Å². The number of hydrogen-bond acceptors (Lipinski definition) is 5. The number of nitrogens with one attached hydrogen (secondary N) is 1. The zero-order valence-corrected chi connectivity index (χ0v) is 15.3. The largest absolute Gasteiger partial charge is 0.490 e. The number of benzene rings is 2. The number of carbonyl (C=O) groups excluding carboxylic acids is 1. The van der Waals surface area contributed by atoms with Crippen LogP contribution in [-0.4, -0.2) is 19.1 Å². The van der Waals surface area contributed by atoms with Crippen molar-refractivity contribution in [3.63, 3.8) is 0 Å². The van der Waals surface area contributed by atoms with Crippen LogP contribution in [0.5, 0.6) is 11.5 Å². The highest BCUT2D eigenvalue weighted by Crippen LogP contribution is 2.37. The van der Waals surface area contributed by atoms with Gasteiger partial charge in [-0.15, -0.1) is 0 Å². The molecule has 0 radical (unpaired) electrons. The number of halogens is 1. The molecular formula is C20H16ClN3O3. The summed E-state index contributed by atoms with van der Waals surface area (Å²) in [5, 5.41) is 20.7. The lowest BCUT2D eigenvalue weighted by Crippen LogP contribution is -2.20. The summed E-state index contributed by atoms with van der Waals surface area (Å²) in [5.74, 6) is 0.188. The molecule has 1 N–H and O–H groups in total. The first-order valence-corrected chi connectivity index (χ1v) is 8.41. The van der Waals surface area contributed by atoms with Gasteiger partial charge >= 0.3 is 0 Å². The minimum absolute atomic E-state index is 0.0653. The van der Waals surface area contributed by atoms with E-state index in [1.165, 1.54) is 12.1 Å². The summed E-state index contributed by atoms with van der Waals surface area (Å²) in [6, 6.07) is 15.7.